The fraction of sp³-hybridized carbons (Fsp3) is 0.400. The van der Waals surface area contributed by atoms with E-state index in [0.717, 1.165) is 18.7 Å². The number of benzene rings is 1. The first kappa shape index (κ1) is 8.38. The Morgan fingerprint density at radius 2 is 1.92 bits per heavy atom. The summed E-state index contributed by atoms with van der Waals surface area (Å²) in [6, 6.07) is 7.07. The highest BCUT2D eigenvalue weighted by Crippen LogP contribution is 2.22. The minimum Gasteiger partial charge on any atom is -0.508 e. The zero-order chi connectivity index (χ0) is 9.26. The fourth-order valence-corrected chi connectivity index (χ4v) is 1.64. The number of aliphatic hydroxyl groups is 1. The Morgan fingerprint density at radius 1 is 1.23 bits per heavy atom. The minimum absolute atomic E-state index is 0.200. The van der Waals surface area contributed by atoms with E-state index in [4.69, 9.17) is 5.11 Å². The van der Waals surface area contributed by atoms with Crippen LogP contribution >= 0.6 is 0 Å². The average molecular weight is 179 g/mol. The van der Waals surface area contributed by atoms with Crippen molar-refractivity contribution in [3.63, 3.8) is 0 Å². The Bertz CT molecular complexity index is 283. The van der Waals surface area contributed by atoms with Crippen molar-refractivity contribution >= 4 is 5.69 Å². The van der Waals surface area contributed by atoms with Crippen LogP contribution in [0, 0.1) is 0 Å². The number of β-amino-alcohol motifs (C(OH)–C–C–N with tert-alkyl or cyclic N) is 1. The maximum atomic E-state index is 9.32. The van der Waals surface area contributed by atoms with Crippen molar-refractivity contribution in [1.82, 2.24) is 0 Å². The predicted octanol–water partition coefficient (Wildman–Crippen LogP) is 0.963. The second-order valence-electron chi connectivity index (χ2n) is 3.40. The van der Waals surface area contributed by atoms with Crippen molar-refractivity contribution in [3.8, 4) is 5.75 Å². The normalized spacial score (nSPS) is 22.2. The highest BCUT2D eigenvalue weighted by atomic mass is 16.3. The lowest BCUT2D eigenvalue weighted by atomic mass is 10.3. The zero-order valence-corrected chi connectivity index (χ0v) is 7.35. The lowest BCUT2D eigenvalue weighted by Crippen LogP contribution is -2.20. The fourth-order valence-electron chi connectivity index (χ4n) is 1.64. The largest absolute Gasteiger partial charge is 0.508 e. The maximum absolute atomic E-state index is 9.32. The molecule has 0 aromatic heterocycles. The summed E-state index contributed by atoms with van der Waals surface area (Å²) in [5, 5.41) is 18.4. The highest BCUT2D eigenvalue weighted by Gasteiger charge is 2.19. The van der Waals surface area contributed by atoms with Crippen molar-refractivity contribution in [2.75, 3.05) is 18.0 Å². The monoisotopic (exact) mass is 179 g/mol. The summed E-state index contributed by atoms with van der Waals surface area (Å²) in [4.78, 5) is 2.12. The van der Waals surface area contributed by atoms with Gasteiger partial charge >= 0.3 is 0 Å². The molecule has 13 heavy (non-hydrogen) atoms. The molecule has 0 unspecified atom stereocenters. The number of nitrogens with zero attached hydrogens (tertiary/aromatic N) is 1. The van der Waals surface area contributed by atoms with Crippen molar-refractivity contribution in [1.29, 1.82) is 0 Å². The molecular formula is C10H13NO2. The van der Waals surface area contributed by atoms with Crippen molar-refractivity contribution in [2.45, 2.75) is 12.5 Å². The van der Waals surface area contributed by atoms with Crippen LogP contribution in [-0.2, 0) is 0 Å². The summed E-state index contributed by atoms with van der Waals surface area (Å²) in [6.45, 7) is 1.59. The average Bonchev–Trinajstić information content (AvgIpc) is 2.53. The van der Waals surface area contributed by atoms with E-state index in [-0.39, 0.29) is 11.9 Å². The second kappa shape index (κ2) is 3.26. The maximum Gasteiger partial charge on any atom is 0.115 e. The molecule has 3 nitrogen and oxygen atoms in total. The van der Waals surface area contributed by atoms with Crippen LogP contribution in [0.2, 0.25) is 0 Å². The lowest BCUT2D eigenvalue weighted by Gasteiger charge is -2.17. The molecule has 3 heteroatoms. The third kappa shape index (κ3) is 1.75. The van der Waals surface area contributed by atoms with Gasteiger partial charge in [0, 0.05) is 18.8 Å². The Kier molecular flexibility index (Phi) is 2.10. The smallest absolute Gasteiger partial charge is 0.115 e. The molecular weight excluding hydrogens is 166 g/mol. The van der Waals surface area contributed by atoms with Crippen LogP contribution in [0.1, 0.15) is 6.42 Å². The van der Waals surface area contributed by atoms with Crippen LogP contribution in [0.3, 0.4) is 0 Å². The predicted molar refractivity (Wildman–Crippen MR) is 50.9 cm³/mol. The van der Waals surface area contributed by atoms with Crippen molar-refractivity contribution < 1.29 is 10.2 Å². The summed E-state index contributed by atoms with van der Waals surface area (Å²) >= 11 is 0. The van der Waals surface area contributed by atoms with Gasteiger partial charge in [-0.1, -0.05) is 0 Å². The van der Waals surface area contributed by atoms with Gasteiger partial charge in [0.2, 0.25) is 0 Å². The molecule has 2 N–H and O–H groups in total. The number of phenols is 1. The molecule has 0 amide bonds. The number of rotatable bonds is 1. The quantitative estimate of drug-likeness (QED) is 0.675. The summed E-state index contributed by atoms with van der Waals surface area (Å²) in [7, 11) is 0. The van der Waals surface area contributed by atoms with Crippen molar-refractivity contribution in [2.24, 2.45) is 0 Å². The minimum atomic E-state index is -0.200. The molecule has 1 heterocycles. The van der Waals surface area contributed by atoms with E-state index in [0.29, 0.717) is 6.54 Å². The Hall–Kier alpha value is -1.22. The van der Waals surface area contributed by atoms with E-state index >= 15 is 0 Å². The summed E-state index contributed by atoms with van der Waals surface area (Å²) in [5.41, 5.74) is 1.06. The van der Waals surface area contributed by atoms with E-state index in [9.17, 15) is 5.11 Å². The molecule has 1 saturated heterocycles. The van der Waals surface area contributed by atoms with Gasteiger partial charge in [0.15, 0.2) is 0 Å². The van der Waals surface area contributed by atoms with Crippen LogP contribution in [0.15, 0.2) is 24.3 Å². The Labute approximate surface area is 77.2 Å². The zero-order valence-electron chi connectivity index (χ0n) is 7.35. The molecule has 70 valence electrons. The number of phenolic OH excluding ortho intramolecular Hbond substituents is 1. The number of aromatic hydroxyl groups is 1. The molecule has 1 fully saturated rings. The molecule has 0 bridgehead atoms. The third-order valence-electron chi connectivity index (χ3n) is 2.38. The first-order valence-corrected chi connectivity index (χ1v) is 4.48. The van der Waals surface area contributed by atoms with Gasteiger partial charge in [-0.3, -0.25) is 0 Å². The van der Waals surface area contributed by atoms with Crippen LogP contribution in [0.25, 0.3) is 0 Å². The van der Waals surface area contributed by atoms with Gasteiger partial charge in [0.1, 0.15) is 5.75 Å². The Morgan fingerprint density at radius 3 is 2.46 bits per heavy atom. The molecule has 2 rings (SSSR count). The summed E-state index contributed by atoms with van der Waals surface area (Å²) in [6.07, 6.45) is 0.634. The molecule has 1 aliphatic rings. The Balaban J connectivity index is 2.13. The lowest BCUT2D eigenvalue weighted by molar-refractivity contribution is 0.198. The van der Waals surface area contributed by atoms with E-state index in [1.165, 1.54) is 0 Å². The van der Waals surface area contributed by atoms with E-state index in [1.807, 2.05) is 12.1 Å². The van der Waals surface area contributed by atoms with Crippen LogP contribution in [0.5, 0.6) is 5.75 Å². The summed E-state index contributed by atoms with van der Waals surface area (Å²) < 4.78 is 0. The molecule has 1 aromatic rings. The molecule has 1 atom stereocenters. The SMILES string of the molecule is Oc1ccc(N2CC[C@@H](O)C2)cc1. The topological polar surface area (TPSA) is 43.7 Å². The van der Waals surface area contributed by atoms with Crippen LogP contribution in [0.4, 0.5) is 5.69 Å². The van der Waals surface area contributed by atoms with E-state index < -0.39 is 0 Å². The first-order chi connectivity index (χ1) is 6.25. The molecule has 1 aliphatic heterocycles. The summed E-state index contributed by atoms with van der Waals surface area (Å²) in [5.74, 6) is 0.281. The first-order valence-electron chi connectivity index (χ1n) is 4.48. The molecule has 0 radical (unpaired) electrons. The van der Waals surface area contributed by atoms with E-state index in [1.54, 1.807) is 12.1 Å². The van der Waals surface area contributed by atoms with Crippen molar-refractivity contribution in [3.05, 3.63) is 24.3 Å². The van der Waals surface area contributed by atoms with Crippen LogP contribution in [-0.4, -0.2) is 29.4 Å². The van der Waals surface area contributed by atoms with Gasteiger partial charge in [0.05, 0.1) is 6.10 Å². The van der Waals surface area contributed by atoms with Gasteiger partial charge in [-0.15, -0.1) is 0 Å². The standard InChI is InChI=1S/C10H13NO2/c12-9-3-1-8(2-4-9)11-6-5-10(13)7-11/h1-4,10,12-13H,5-7H2/t10-/m1/s1. The van der Waals surface area contributed by atoms with Gasteiger partial charge in [-0.2, -0.15) is 0 Å². The van der Waals surface area contributed by atoms with Gasteiger partial charge in [-0.25, -0.2) is 0 Å². The van der Waals surface area contributed by atoms with Gasteiger partial charge in [0.25, 0.3) is 0 Å². The molecule has 0 saturated carbocycles. The van der Waals surface area contributed by atoms with Gasteiger partial charge in [-0.05, 0) is 30.7 Å². The molecule has 1 aromatic carbocycles. The molecule has 0 spiro atoms. The number of anilines is 1. The third-order valence-corrected chi connectivity index (χ3v) is 2.38. The van der Waals surface area contributed by atoms with Crippen LogP contribution < -0.4 is 4.90 Å². The second-order valence-corrected chi connectivity index (χ2v) is 3.40. The number of hydrogen-bond acceptors (Lipinski definition) is 3. The number of aliphatic hydroxyl groups excluding tert-OH is 1. The molecule has 0 aliphatic carbocycles. The van der Waals surface area contributed by atoms with Gasteiger partial charge < -0.3 is 15.1 Å². The number of hydrogen-bond donors (Lipinski definition) is 2. The highest BCUT2D eigenvalue weighted by molar-refractivity contribution is 5.49. The van der Waals surface area contributed by atoms with E-state index in [2.05, 4.69) is 4.90 Å².